The number of aromatic nitrogens is 3. The van der Waals surface area contributed by atoms with E-state index in [4.69, 9.17) is 4.74 Å². The van der Waals surface area contributed by atoms with E-state index in [-0.39, 0.29) is 16.5 Å². The van der Waals surface area contributed by atoms with E-state index in [1.807, 2.05) is 17.5 Å². The van der Waals surface area contributed by atoms with Crippen molar-refractivity contribution >= 4 is 21.4 Å². The van der Waals surface area contributed by atoms with Crippen LogP contribution in [-0.2, 0) is 16.4 Å². The average Bonchev–Trinajstić information content (AvgIpc) is 3.38. The number of hydrogen-bond acceptors (Lipinski definition) is 6. The van der Waals surface area contributed by atoms with Crippen molar-refractivity contribution in [1.82, 2.24) is 19.1 Å². The quantitative estimate of drug-likeness (QED) is 0.642. The number of ether oxygens (including phenoxy) is 1. The van der Waals surface area contributed by atoms with Crippen molar-refractivity contribution < 1.29 is 13.2 Å². The van der Waals surface area contributed by atoms with Gasteiger partial charge in [-0.1, -0.05) is 0 Å². The zero-order chi connectivity index (χ0) is 20.4. The third-order valence-electron chi connectivity index (χ3n) is 5.21. The third kappa shape index (κ3) is 4.00. The highest BCUT2D eigenvalue weighted by molar-refractivity contribution is 7.89. The Kier molecular flexibility index (Phi) is 5.57. The van der Waals surface area contributed by atoms with Crippen LogP contribution in [0.15, 0.2) is 51.5 Å². The first-order chi connectivity index (χ1) is 14.0. The Morgan fingerprint density at radius 3 is 2.55 bits per heavy atom. The first-order valence-electron chi connectivity index (χ1n) is 9.33. The molecule has 154 valence electrons. The van der Waals surface area contributed by atoms with Crippen molar-refractivity contribution in [3.8, 4) is 10.8 Å². The lowest BCUT2D eigenvalue weighted by Crippen LogP contribution is -2.39. The van der Waals surface area contributed by atoms with Crippen LogP contribution in [0.2, 0.25) is 0 Å². The zero-order valence-corrected chi connectivity index (χ0v) is 17.6. The summed E-state index contributed by atoms with van der Waals surface area (Å²) in [5.41, 5.74) is -0.248. The van der Waals surface area contributed by atoms with E-state index >= 15 is 0 Å². The number of methoxy groups -OCH3 is 1. The maximum absolute atomic E-state index is 12.9. The Morgan fingerprint density at radius 2 is 1.93 bits per heavy atom. The molecule has 0 spiro atoms. The summed E-state index contributed by atoms with van der Waals surface area (Å²) in [5, 5.41) is 9.46. The normalized spacial score (nSPS) is 16.2. The fraction of sp³-hybridized carbons (Fsp3) is 0.368. The van der Waals surface area contributed by atoms with Gasteiger partial charge in [0, 0.05) is 19.5 Å². The molecule has 1 aliphatic rings. The van der Waals surface area contributed by atoms with Gasteiger partial charge in [-0.25, -0.2) is 22.9 Å². The van der Waals surface area contributed by atoms with Gasteiger partial charge >= 0.3 is 5.69 Å². The second kappa shape index (κ2) is 8.13. The van der Waals surface area contributed by atoms with Gasteiger partial charge in [0.25, 0.3) is 0 Å². The van der Waals surface area contributed by atoms with Crippen molar-refractivity contribution in [2.75, 3.05) is 20.2 Å². The minimum atomic E-state index is -3.52. The molecule has 1 saturated heterocycles. The van der Waals surface area contributed by atoms with Crippen LogP contribution >= 0.6 is 11.3 Å². The first kappa shape index (κ1) is 19.9. The molecule has 2 aromatic heterocycles. The van der Waals surface area contributed by atoms with Crippen molar-refractivity contribution in [2.45, 2.75) is 24.2 Å². The van der Waals surface area contributed by atoms with Gasteiger partial charge in [0.15, 0.2) is 0 Å². The Labute approximate surface area is 172 Å². The number of thiophene rings is 1. The predicted molar refractivity (Wildman–Crippen MR) is 110 cm³/mol. The van der Waals surface area contributed by atoms with Gasteiger partial charge in [0.05, 0.1) is 12.0 Å². The smallest absolute Gasteiger partial charge is 0.348 e. The molecule has 4 rings (SSSR count). The molecule has 1 N–H and O–H groups in total. The van der Waals surface area contributed by atoms with Gasteiger partial charge in [0.2, 0.25) is 10.0 Å². The van der Waals surface area contributed by atoms with Crippen molar-refractivity contribution in [3.63, 3.8) is 0 Å². The van der Waals surface area contributed by atoms with E-state index in [1.165, 1.54) is 15.6 Å². The van der Waals surface area contributed by atoms with Crippen molar-refractivity contribution in [2.24, 2.45) is 5.92 Å². The summed E-state index contributed by atoms with van der Waals surface area (Å²) in [6.45, 7) is 0.902. The summed E-state index contributed by atoms with van der Waals surface area (Å²) in [4.78, 5) is 12.4. The molecule has 8 nitrogen and oxygen atoms in total. The summed E-state index contributed by atoms with van der Waals surface area (Å²) in [6.07, 6.45) is 2.08. The standard InChI is InChI=1S/C19H22N4O4S2/c1-27-15-4-6-16(7-5-15)29(25,26)22-10-8-14(9-11-22)13-17-20-21-19(24)23(17)18-3-2-12-28-18/h2-7,12,14H,8-11,13H2,1H3,(H,21,24). The molecule has 29 heavy (non-hydrogen) atoms. The number of benzene rings is 1. The molecule has 0 atom stereocenters. The molecular weight excluding hydrogens is 412 g/mol. The molecule has 0 bridgehead atoms. The fourth-order valence-electron chi connectivity index (χ4n) is 3.60. The summed E-state index contributed by atoms with van der Waals surface area (Å²) >= 11 is 1.48. The predicted octanol–water partition coefficient (Wildman–Crippen LogP) is 2.27. The van der Waals surface area contributed by atoms with Crippen LogP contribution < -0.4 is 10.4 Å². The molecule has 0 unspecified atom stereocenters. The highest BCUT2D eigenvalue weighted by Crippen LogP contribution is 2.27. The molecule has 10 heteroatoms. The summed E-state index contributed by atoms with van der Waals surface area (Å²) in [7, 11) is -1.97. The lowest BCUT2D eigenvalue weighted by atomic mass is 9.94. The minimum absolute atomic E-state index is 0.248. The highest BCUT2D eigenvalue weighted by atomic mass is 32.2. The molecule has 3 aromatic rings. The number of H-pyrrole nitrogens is 1. The second-order valence-corrected chi connectivity index (χ2v) is 9.82. The SMILES string of the molecule is COc1ccc(S(=O)(=O)N2CCC(Cc3n[nH]c(=O)n3-c3cccs3)CC2)cc1. The number of piperidine rings is 1. The van der Waals surface area contributed by atoms with E-state index in [0.717, 1.165) is 17.8 Å². The van der Waals surface area contributed by atoms with Crippen LogP contribution in [0.5, 0.6) is 5.75 Å². The summed E-state index contributed by atoms with van der Waals surface area (Å²) < 4.78 is 34.0. The van der Waals surface area contributed by atoms with Crippen LogP contribution in [0.3, 0.4) is 0 Å². The van der Waals surface area contributed by atoms with E-state index in [2.05, 4.69) is 10.2 Å². The zero-order valence-electron chi connectivity index (χ0n) is 15.9. The summed E-state index contributed by atoms with van der Waals surface area (Å²) in [6, 6.07) is 10.2. The van der Waals surface area contributed by atoms with Crippen molar-refractivity contribution in [3.05, 3.63) is 58.1 Å². The number of rotatable bonds is 6. The number of sulfonamides is 1. The highest BCUT2D eigenvalue weighted by Gasteiger charge is 2.30. The van der Waals surface area contributed by atoms with E-state index in [0.29, 0.717) is 31.1 Å². The van der Waals surface area contributed by atoms with Crippen LogP contribution in [0, 0.1) is 5.92 Å². The molecule has 1 aliphatic heterocycles. The van der Waals surface area contributed by atoms with Gasteiger partial charge < -0.3 is 4.74 Å². The molecule has 0 aliphatic carbocycles. The maximum atomic E-state index is 12.9. The number of nitrogens with one attached hydrogen (secondary N) is 1. The van der Waals surface area contributed by atoms with Gasteiger partial charge in [-0.3, -0.25) is 0 Å². The summed E-state index contributed by atoms with van der Waals surface area (Å²) in [5.74, 6) is 1.58. The lowest BCUT2D eigenvalue weighted by Gasteiger charge is -2.31. The van der Waals surface area contributed by atoms with Crippen LogP contribution in [0.25, 0.3) is 5.00 Å². The lowest BCUT2D eigenvalue weighted by molar-refractivity contribution is 0.270. The van der Waals surface area contributed by atoms with Gasteiger partial charge in [-0.15, -0.1) is 11.3 Å². The fourth-order valence-corrected chi connectivity index (χ4v) is 5.82. The van der Waals surface area contributed by atoms with Crippen molar-refractivity contribution in [1.29, 1.82) is 0 Å². The number of nitrogens with zero attached hydrogens (tertiary/aromatic N) is 3. The molecular formula is C19H22N4O4S2. The van der Waals surface area contributed by atoms with E-state index < -0.39 is 10.0 Å². The molecule has 3 heterocycles. The molecule has 0 amide bonds. The monoisotopic (exact) mass is 434 g/mol. The van der Waals surface area contributed by atoms with Gasteiger partial charge in [0.1, 0.15) is 16.6 Å². The molecule has 1 fully saturated rings. The first-order valence-corrected chi connectivity index (χ1v) is 11.7. The minimum Gasteiger partial charge on any atom is -0.497 e. The number of hydrogen-bond donors (Lipinski definition) is 1. The average molecular weight is 435 g/mol. The van der Waals surface area contributed by atoms with Crippen LogP contribution in [0.1, 0.15) is 18.7 Å². The van der Waals surface area contributed by atoms with Gasteiger partial charge in [-0.05, 0) is 60.5 Å². The Balaban J connectivity index is 1.43. The van der Waals surface area contributed by atoms with E-state index in [9.17, 15) is 13.2 Å². The third-order valence-corrected chi connectivity index (χ3v) is 7.98. The Hall–Kier alpha value is -2.43. The van der Waals surface area contributed by atoms with Gasteiger partial charge in [-0.2, -0.15) is 9.40 Å². The largest absolute Gasteiger partial charge is 0.497 e. The molecule has 1 aromatic carbocycles. The van der Waals surface area contributed by atoms with E-state index in [1.54, 1.807) is 35.9 Å². The molecule has 0 radical (unpaired) electrons. The van der Waals surface area contributed by atoms with Crippen LogP contribution in [0.4, 0.5) is 0 Å². The Morgan fingerprint density at radius 1 is 1.21 bits per heavy atom. The second-order valence-electron chi connectivity index (χ2n) is 6.96. The Bertz CT molecular complexity index is 1110. The maximum Gasteiger partial charge on any atom is 0.348 e. The number of aromatic amines is 1. The molecule has 0 saturated carbocycles. The van der Waals surface area contributed by atoms with Crippen LogP contribution in [-0.4, -0.2) is 47.7 Å². The topological polar surface area (TPSA) is 97.3 Å².